The molecule has 0 aliphatic carbocycles. The number of aromatic nitrogens is 4. The topological polar surface area (TPSA) is 99.9 Å². The maximum Gasteiger partial charge on any atom is 0.258 e. The molecule has 4 aromatic rings. The second kappa shape index (κ2) is 9.78. The Hall–Kier alpha value is -4.14. The van der Waals surface area contributed by atoms with Crippen LogP contribution in [0.4, 0.5) is 0 Å². The summed E-state index contributed by atoms with van der Waals surface area (Å²) in [5.74, 6) is 2.11. The van der Waals surface area contributed by atoms with E-state index in [1.54, 1.807) is 23.8 Å². The van der Waals surface area contributed by atoms with Crippen molar-refractivity contribution in [2.75, 3.05) is 26.9 Å². The number of methoxy groups -OCH3 is 1. The van der Waals surface area contributed by atoms with Crippen molar-refractivity contribution in [3.05, 3.63) is 66.2 Å². The van der Waals surface area contributed by atoms with E-state index in [4.69, 9.17) is 14.2 Å². The van der Waals surface area contributed by atoms with Gasteiger partial charge in [-0.25, -0.2) is 0 Å². The average Bonchev–Trinajstić information content (AvgIpc) is 3.25. The van der Waals surface area contributed by atoms with Gasteiger partial charge in [-0.15, -0.1) is 15.3 Å². The minimum Gasteiger partial charge on any atom is -0.497 e. The first-order valence-corrected chi connectivity index (χ1v) is 10.1. The number of aryl methyl sites for hydroxylation is 1. The third kappa shape index (κ3) is 5.12. The van der Waals surface area contributed by atoms with E-state index in [1.807, 2.05) is 55.5 Å². The maximum atomic E-state index is 12.0. The van der Waals surface area contributed by atoms with Crippen molar-refractivity contribution < 1.29 is 19.0 Å². The first kappa shape index (κ1) is 21.1. The number of rotatable bonds is 9. The van der Waals surface area contributed by atoms with Crippen molar-refractivity contribution >= 4 is 11.6 Å². The number of ether oxygens (including phenoxy) is 3. The fourth-order valence-corrected chi connectivity index (χ4v) is 2.97. The molecule has 0 saturated carbocycles. The molecule has 0 saturated heterocycles. The van der Waals surface area contributed by atoms with Crippen molar-refractivity contribution in [1.29, 1.82) is 0 Å². The lowest BCUT2D eigenvalue weighted by molar-refractivity contribution is -0.123. The summed E-state index contributed by atoms with van der Waals surface area (Å²) in [5, 5.41) is 15.6. The van der Waals surface area contributed by atoms with Crippen molar-refractivity contribution in [2.45, 2.75) is 6.92 Å². The van der Waals surface area contributed by atoms with Gasteiger partial charge in [-0.3, -0.25) is 4.79 Å². The van der Waals surface area contributed by atoms with Gasteiger partial charge in [0.2, 0.25) is 5.88 Å². The van der Waals surface area contributed by atoms with Crippen molar-refractivity contribution in [3.63, 3.8) is 0 Å². The van der Waals surface area contributed by atoms with E-state index < -0.39 is 0 Å². The highest BCUT2D eigenvalue weighted by Crippen LogP contribution is 2.23. The molecule has 4 rings (SSSR count). The smallest absolute Gasteiger partial charge is 0.258 e. The molecule has 0 aliphatic rings. The number of amides is 1. The summed E-state index contributed by atoms with van der Waals surface area (Å²) in [6.07, 6.45) is 0. The van der Waals surface area contributed by atoms with Gasteiger partial charge in [0.1, 0.15) is 18.1 Å². The van der Waals surface area contributed by atoms with Crippen LogP contribution in [-0.2, 0) is 4.79 Å². The Morgan fingerprint density at radius 1 is 1.00 bits per heavy atom. The predicted molar refractivity (Wildman–Crippen MR) is 118 cm³/mol. The monoisotopic (exact) mass is 433 g/mol. The maximum absolute atomic E-state index is 12.0. The lowest BCUT2D eigenvalue weighted by atomic mass is 10.2. The second-order valence-electron chi connectivity index (χ2n) is 7.00. The van der Waals surface area contributed by atoms with Gasteiger partial charge < -0.3 is 19.5 Å². The number of hydrogen-bond donors (Lipinski definition) is 1. The van der Waals surface area contributed by atoms with Crippen LogP contribution in [0.2, 0.25) is 0 Å². The summed E-state index contributed by atoms with van der Waals surface area (Å²) >= 11 is 0. The van der Waals surface area contributed by atoms with Gasteiger partial charge in [0.15, 0.2) is 18.1 Å². The minimum absolute atomic E-state index is 0.0577. The Balaban J connectivity index is 1.30. The highest BCUT2D eigenvalue weighted by atomic mass is 16.5. The number of fused-ring (bicyclic) bond motifs is 1. The Kier molecular flexibility index (Phi) is 6.45. The number of nitrogens with one attached hydrogen (secondary N) is 1. The van der Waals surface area contributed by atoms with Gasteiger partial charge in [0, 0.05) is 11.6 Å². The highest BCUT2D eigenvalue weighted by molar-refractivity contribution is 5.77. The second-order valence-corrected chi connectivity index (χ2v) is 7.00. The first-order chi connectivity index (χ1) is 15.6. The first-order valence-electron chi connectivity index (χ1n) is 10.1. The molecular weight excluding hydrogens is 410 g/mol. The summed E-state index contributed by atoms with van der Waals surface area (Å²) in [7, 11) is 1.61. The number of nitrogens with zero attached hydrogens (tertiary/aromatic N) is 4. The van der Waals surface area contributed by atoms with E-state index in [-0.39, 0.29) is 19.1 Å². The van der Waals surface area contributed by atoms with Crippen LogP contribution in [-0.4, -0.2) is 52.6 Å². The van der Waals surface area contributed by atoms with E-state index in [2.05, 4.69) is 20.6 Å². The third-order valence-corrected chi connectivity index (χ3v) is 4.63. The third-order valence-electron chi connectivity index (χ3n) is 4.63. The predicted octanol–water partition coefficient (Wildman–Crippen LogP) is 2.68. The molecule has 2 aromatic carbocycles. The van der Waals surface area contributed by atoms with E-state index in [0.29, 0.717) is 35.4 Å². The molecule has 1 N–H and O–H groups in total. The van der Waals surface area contributed by atoms with Crippen LogP contribution in [0.5, 0.6) is 17.4 Å². The Morgan fingerprint density at radius 3 is 2.66 bits per heavy atom. The molecule has 2 aromatic heterocycles. The normalized spacial score (nSPS) is 10.7. The molecule has 0 spiro atoms. The van der Waals surface area contributed by atoms with E-state index in [1.165, 1.54) is 0 Å². The molecule has 0 aliphatic heterocycles. The minimum atomic E-state index is -0.225. The molecule has 32 heavy (non-hydrogen) atoms. The summed E-state index contributed by atoms with van der Waals surface area (Å²) in [4.78, 5) is 12.0. The molecule has 164 valence electrons. The van der Waals surface area contributed by atoms with Gasteiger partial charge >= 0.3 is 0 Å². The van der Waals surface area contributed by atoms with Crippen LogP contribution in [0, 0.1) is 6.92 Å². The van der Waals surface area contributed by atoms with Crippen LogP contribution < -0.4 is 19.5 Å². The average molecular weight is 433 g/mol. The van der Waals surface area contributed by atoms with Crippen LogP contribution in [0.3, 0.4) is 0 Å². The molecule has 0 fully saturated rings. The lowest BCUT2D eigenvalue weighted by Gasteiger charge is -2.09. The Morgan fingerprint density at radius 2 is 1.84 bits per heavy atom. The van der Waals surface area contributed by atoms with E-state index in [9.17, 15) is 4.79 Å². The fourth-order valence-electron chi connectivity index (χ4n) is 2.97. The molecule has 2 heterocycles. The van der Waals surface area contributed by atoms with Crippen LogP contribution >= 0.6 is 0 Å². The number of carbonyl (C=O) groups is 1. The fraction of sp³-hybridized carbons (Fsp3) is 0.217. The number of benzene rings is 2. The Labute approximate surface area is 185 Å². The molecule has 0 radical (unpaired) electrons. The standard InChI is InChI=1S/C23H23N5O4/c1-16-6-8-18(9-7-16)32-15-21(29)24-12-13-31-22-11-10-20-25-26-23(28(20)27-22)17-4-3-5-19(14-17)30-2/h3-11,14H,12-13,15H2,1-2H3,(H,24,29). The van der Waals surface area contributed by atoms with Crippen molar-refractivity contribution in [1.82, 2.24) is 25.1 Å². The summed E-state index contributed by atoms with van der Waals surface area (Å²) < 4.78 is 18.0. The van der Waals surface area contributed by atoms with Crippen LogP contribution in [0.15, 0.2) is 60.7 Å². The van der Waals surface area contributed by atoms with E-state index in [0.717, 1.165) is 11.1 Å². The molecule has 0 bridgehead atoms. The number of hydrogen-bond acceptors (Lipinski definition) is 7. The van der Waals surface area contributed by atoms with E-state index >= 15 is 0 Å². The molecular formula is C23H23N5O4. The molecule has 9 nitrogen and oxygen atoms in total. The van der Waals surface area contributed by atoms with Gasteiger partial charge in [-0.05, 0) is 37.3 Å². The largest absolute Gasteiger partial charge is 0.497 e. The molecule has 9 heteroatoms. The zero-order chi connectivity index (χ0) is 22.3. The van der Waals surface area contributed by atoms with Crippen LogP contribution in [0.25, 0.3) is 17.0 Å². The lowest BCUT2D eigenvalue weighted by Crippen LogP contribution is -2.32. The molecule has 1 amide bonds. The quantitative estimate of drug-likeness (QED) is 0.405. The molecule has 0 atom stereocenters. The van der Waals surface area contributed by atoms with Gasteiger partial charge in [0.25, 0.3) is 5.91 Å². The summed E-state index contributed by atoms with van der Waals surface area (Å²) in [5.41, 5.74) is 2.55. The van der Waals surface area contributed by atoms with Gasteiger partial charge in [-0.1, -0.05) is 29.8 Å². The van der Waals surface area contributed by atoms with Crippen molar-refractivity contribution in [2.24, 2.45) is 0 Å². The summed E-state index contributed by atoms with van der Waals surface area (Å²) in [6.45, 7) is 2.51. The van der Waals surface area contributed by atoms with Gasteiger partial charge in [0.05, 0.1) is 13.7 Å². The SMILES string of the molecule is COc1cccc(-c2nnc3ccc(OCCNC(=O)COc4ccc(C)cc4)nn23)c1. The zero-order valence-electron chi connectivity index (χ0n) is 17.8. The highest BCUT2D eigenvalue weighted by Gasteiger charge is 2.11. The zero-order valence-corrected chi connectivity index (χ0v) is 17.8. The van der Waals surface area contributed by atoms with Gasteiger partial charge in [-0.2, -0.15) is 4.52 Å². The van der Waals surface area contributed by atoms with Crippen LogP contribution in [0.1, 0.15) is 5.56 Å². The van der Waals surface area contributed by atoms with Crippen molar-refractivity contribution in [3.8, 4) is 28.8 Å². The summed E-state index contributed by atoms with van der Waals surface area (Å²) in [6, 6.07) is 18.5. The number of carbonyl (C=O) groups excluding carboxylic acids is 1. The molecule has 0 unspecified atom stereocenters. The Bertz CT molecular complexity index is 1210.